The van der Waals surface area contributed by atoms with Gasteiger partial charge in [-0.15, -0.1) is 0 Å². The van der Waals surface area contributed by atoms with Gasteiger partial charge in [0.25, 0.3) is 0 Å². The second-order valence-corrected chi connectivity index (χ2v) is 13.0. The molecule has 51 heavy (non-hydrogen) atoms. The maximum absolute atomic E-state index is 14.8. The molecule has 4 N–H and O–H groups in total. The largest absolute Gasteiger partial charge is 0.508 e. The number of anilines is 1. The smallest absolute Gasteiger partial charge is 0.324 e. The summed E-state index contributed by atoms with van der Waals surface area (Å²) in [7, 11) is 1.60. The van der Waals surface area contributed by atoms with Gasteiger partial charge in [0.2, 0.25) is 11.8 Å². The molecule has 0 aliphatic carbocycles. The Morgan fingerprint density at radius 2 is 1.43 bits per heavy atom. The number of phenolic OH excluding ortho intramolecular Hbond substituents is 1. The molecule has 1 spiro atoms. The van der Waals surface area contributed by atoms with Crippen LogP contribution in [-0.4, -0.2) is 40.9 Å². The van der Waals surface area contributed by atoms with E-state index in [2.05, 4.69) is 17.2 Å². The Labute approximate surface area is 294 Å². The van der Waals surface area contributed by atoms with Crippen molar-refractivity contribution < 1.29 is 29.0 Å². The van der Waals surface area contributed by atoms with Crippen molar-refractivity contribution in [1.29, 1.82) is 0 Å². The van der Waals surface area contributed by atoms with Crippen molar-refractivity contribution >= 4 is 23.5 Å². The third-order valence-corrected chi connectivity index (χ3v) is 10.3. The second kappa shape index (κ2) is 12.5. The summed E-state index contributed by atoms with van der Waals surface area (Å²) in [5, 5.41) is 13.4. The minimum atomic E-state index is -1.68. The van der Waals surface area contributed by atoms with Gasteiger partial charge in [0, 0.05) is 16.8 Å². The van der Waals surface area contributed by atoms with Crippen molar-refractivity contribution in [1.82, 2.24) is 4.90 Å². The van der Waals surface area contributed by atoms with Crippen LogP contribution in [0.15, 0.2) is 127 Å². The number of morpholine rings is 1. The minimum Gasteiger partial charge on any atom is -0.508 e. The van der Waals surface area contributed by atoms with Crippen molar-refractivity contribution in [3.8, 4) is 23.3 Å². The summed E-state index contributed by atoms with van der Waals surface area (Å²) in [4.78, 5) is 45.1. The molecule has 0 bridgehead atoms. The van der Waals surface area contributed by atoms with E-state index >= 15 is 0 Å². The van der Waals surface area contributed by atoms with Crippen LogP contribution in [0, 0.1) is 17.8 Å². The summed E-state index contributed by atoms with van der Waals surface area (Å²) in [6.45, 7) is 0. The number of benzene rings is 5. The van der Waals surface area contributed by atoms with E-state index in [1.165, 1.54) is 12.1 Å². The Morgan fingerprint density at radius 3 is 2.08 bits per heavy atom. The van der Waals surface area contributed by atoms with Crippen LogP contribution in [0.1, 0.15) is 51.6 Å². The molecule has 0 radical (unpaired) electrons. The quantitative estimate of drug-likeness (QED) is 0.164. The molecule has 2 fully saturated rings. The molecule has 3 aliphatic heterocycles. The Bertz CT molecular complexity index is 2210. The van der Waals surface area contributed by atoms with Crippen molar-refractivity contribution in [2.75, 3.05) is 12.4 Å². The predicted molar refractivity (Wildman–Crippen MR) is 189 cm³/mol. The molecule has 3 aliphatic rings. The number of nitrogens with one attached hydrogen (secondary N) is 1. The van der Waals surface area contributed by atoms with Gasteiger partial charge in [-0.3, -0.25) is 19.3 Å². The van der Waals surface area contributed by atoms with Gasteiger partial charge >= 0.3 is 5.97 Å². The minimum absolute atomic E-state index is 0.0287. The highest BCUT2D eigenvalue weighted by atomic mass is 16.6. The molecule has 0 unspecified atom stereocenters. The Hall–Kier alpha value is -6.37. The van der Waals surface area contributed by atoms with Gasteiger partial charge in [-0.2, -0.15) is 0 Å². The lowest BCUT2D eigenvalue weighted by molar-refractivity contribution is -0.178. The van der Waals surface area contributed by atoms with Crippen molar-refractivity contribution in [2.45, 2.75) is 29.6 Å². The predicted octanol–water partition coefficient (Wildman–Crippen LogP) is 5.56. The highest BCUT2D eigenvalue weighted by Crippen LogP contribution is 2.64. The maximum Gasteiger partial charge on any atom is 0.324 e. The number of nitrogens with two attached hydrogens (primary N) is 1. The van der Waals surface area contributed by atoms with Gasteiger partial charge in [-0.05, 0) is 76.9 Å². The number of amides is 2. The highest BCUT2D eigenvalue weighted by molar-refractivity contribution is 6.12. The number of aromatic hydroxyl groups is 1. The highest BCUT2D eigenvalue weighted by Gasteiger charge is 2.73. The molecular formula is C42H33N3O6. The zero-order valence-corrected chi connectivity index (χ0v) is 27.5. The van der Waals surface area contributed by atoms with Crippen LogP contribution in [0.25, 0.3) is 0 Å². The first-order valence-corrected chi connectivity index (χ1v) is 16.6. The SMILES string of the molecule is COc1ccc(C#Cc2ccc3c(c2)[C@]2(C(=O)N3)[C@H](c3ccc(O)cc3)N3[C@H](c4ccccc4)[C@H](c4ccccc4)OC(=O)[C@H]3[C@@H]2C(N)=O)cc1. The second-order valence-electron chi connectivity index (χ2n) is 13.0. The van der Waals surface area contributed by atoms with E-state index in [1.807, 2.05) is 95.9 Å². The number of rotatable bonds is 5. The fraction of sp³-hybridized carbons (Fsp3) is 0.167. The average Bonchev–Trinajstić information content (AvgIpc) is 3.64. The number of phenols is 1. The number of primary amides is 1. The molecule has 5 aromatic carbocycles. The summed E-state index contributed by atoms with van der Waals surface area (Å²) in [5.74, 6) is 3.84. The van der Waals surface area contributed by atoms with Gasteiger partial charge in [-0.1, -0.05) is 84.6 Å². The van der Waals surface area contributed by atoms with Gasteiger partial charge in [0.05, 0.1) is 25.1 Å². The lowest BCUT2D eigenvalue weighted by Gasteiger charge is -2.46. The summed E-state index contributed by atoms with van der Waals surface area (Å²) in [6, 6.07) is 35.5. The number of esters is 1. The topological polar surface area (TPSA) is 131 Å². The number of nitrogens with zero attached hydrogens (tertiary/aromatic N) is 1. The van der Waals surface area contributed by atoms with Crippen LogP contribution in [0.5, 0.6) is 11.5 Å². The molecule has 6 atom stereocenters. The number of carbonyl (C=O) groups is 3. The number of methoxy groups -OCH3 is 1. The molecule has 252 valence electrons. The van der Waals surface area contributed by atoms with Crippen LogP contribution in [-0.2, 0) is 24.5 Å². The summed E-state index contributed by atoms with van der Waals surface area (Å²) in [6.07, 6.45) is -0.786. The van der Waals surface area contributed by atoms with Crippen LogP contribution in [0.3, 0.4) is 0 Å². The molecule has 2 amide bonds. The van der Waals surface area contributed by atoms with E-state index in [1.54, 1.807) is 31.4 Å². The molecule has 5 aromatic rings. The molecule has 0 aromatic heterocycles. The third kappa shape index (κ3) is 5.11. The lowest BCUT2D eigenvalue weighted by atomic mass is 9.65. The first-order chi connectivity index (χ1) is 24.8. The molecule has 9 nitrogen and oxygen atoms in total. The Balaban J connectivity index is 1.38. The number of carbonyl (C=O) groups excluding carboxylic acids is 3. The summed E-state index contributed by atoms with van der Waals surface area (Å²) < 4.78 is 11.6. The maximum atomic E-state index is 14.8. The van der Waals surface area contributed by atoms with Gasteiger partial charge in [-0.25, -0.2) is 0 Å². The van der Waals surface area contributed by atoms with Gasteiger partial charge in [0.15, 0.2) is 0 Å². The standard InChI is InChI=1S/C42H33N3O6/c1-50-31-21-14-25(15-22-31)12-13-26-16-23-33-32(24-26)42(41(49)44-33)34(39(43)47)36-40(48)51-37(28-10-6-3-7-11-28)35(27-8-4-2-5-9-27)45(36)38(42)29-17-19-30(46)20-18-29/h2-11,14-24,34-38,46H,1H3,(H2,43,47)(H,44,49)/t34-,35-,36-,37+,38+,42-/m1/s1. The molecular weight excluding hydrogens is 642 g/mol. The van der Waals surface area contributed by atoms with Gasteiger partial charge < -0.3 is 25.6 Å². The molecule has 2 saturated heterocycles. The Morgan fingerprint density at radius 1 is 0.804 bits per heavy atom. The number of hydrogen-bond acceptors (Lipinski definition) is 7. The van der Waals surface area contributed by atoms with Crippen molar-refractivity contribution in [3.05, 3.63) is 161 Å². The fourth-order valence-electron chi connectivity index (χ4n) is 8.18. The van der Waals surface area contributed by atoms with E-state index in [9.17, 15) is 19.5 Å². The third-order valence-electron chi connectivity index (χ3n) is 10.3. The van der Waals surface area contributed by atoms with Crippen molar-refractivity contribution in [3.63, 3.8) is 0 Å². The molecule has 0 saturated carbocycles. The van der Waals surface area contributed by atoms with E-state index in [-0.39, 0.29) is 5.75 Å². The first kappa shape index (κ1) is 31.9. The number of hydrogen-bond donors (Lipinski definition) is 3. The first-order valence-electron chi connectivity index (χ1n) is 16.6. The monoisotopic (exact) mass is 675 g/mol. The number of fused-ring (bicyclic) bond motifs is 3. The molecule has 3 heterocycles. The van der Waals surface area contributed by atoms with E-state index < -0.39 is 53.3 Å². The van der Waals surface area contributed by atoms with E-state index in [0.29, 0.717) is 28.1 Å². The van der Waals surface area contributed by atoms with Crippen molar-refractivity contribution in [2.24, 2.45) is 11.7 Å². The molecule has 9 heteroatoms. The average molecular weight is 676 g/mol. The molecule has 8 rings (SSSR count). The number of cyclic esters (lactones) is 1. The zero-order valence-electron chi connectivity index (χ0n) is 27.5. The normalized spacial score (nSPS) is 24.8. The lowest BCUT2D eigenvalue weighted by Crippen LogP contribution is -2.53. The van der Waals surface area contributed by atoms with E-state index in [4.69, 9.17) is 15.2 Å². The summed E-state index contributed by atoms with van der Waals surface area (Å²) in [5.41, 5.74) is 9.17. The summed E-state index contributed by atoms with van der Waals surface area (Å²) >= 11 is 0. The zero-order chi connectivity index (χ0) is 35.3. The van der Waals surface area contributed by atoms with Crippen LogP contribution in [0.2, 0.25) is 0 Å². The van der Waals surface area contributed by atoms with Gasteiger partial charge in [0.1, 0.15) is 29.1 Å². The fourth-order valence-corrected chi connectivity index (χ4v) is 8.18. The van der Waals surface area contributed by atoms with Crippen LogP contribution >= 0.6 is 0 Å². The van der Waals surface area contributed by atoms with Crippen LogP contribution < -0.4 is 15.8 Å². The number of ether oxygens (including phenoxy) is 2. The van der Waals surface area contributed by atoms with E-state index in [0.717, 1.165) is 16.7 Å². The Kier molecular flexibility index (Phi) is 7.81. The van der Waals surface area contributed by atoms with Crippen LogP contribution in [0.4, 0.5) is 5.69 Å².